The maximum atomic E-state index is 12.5. The number of rotatable bonds is 11. The first-order valence-corrected chi connectivity index (χ1v) is 10.3. The van der Waals surface area contributed by atoms with Crippen molar-refractivity contribution in [3.63, 3.8) is 0 Å². The van der Waals surface area contributed by atoms with Crippen LogP contribution in [0.2, 0.25) is 0 Å². The van der Waals surface area contributed by atoms with E-state index in [1.807, 2.05) is 49.1 Å². The first kappa shape index (κ1) is 25.6. The van der Waals surface area contributed by atoms with Crippen molar-refractivity contribution in [2.45, 2.75) is 39.3 Å². The number of halogens is 1. The summed E-state index contributed by atoms with van der Waals surface area (Å²) in [5.74, 6) is 0.684. The molecule has 0 saturated carbocycles. The molecule has 7 nitrogen and oxygen atoms in total. The molecule has 0 aliphatic carbocycles. The SMILES string of the molecule is CCNC(=NCC(=O)N(CC)Cc1ccccc1)NCCCOC1CCOC1.I. The lowest BCUT2D eigenvalue weighted by Gasteiger charge is -2.20. The van der Waals surface area contributed by atoms with E-state index in [0.29, 0.717) is 32.3 Å². The molecule has 0 bridgehead atoms. The number of carbonyl (C=O) groups excluding carboxylic acids is 1. The molecule has 1 aliphatic heterocycles. The van der Waals surface area contributed by atoms with Gasteiger partial charge in [-0.25, -0.2) is 4.99 Å². The Hall–Kier alpha value is -1.39. The molecule has 164 valence electrons. The van der Waals surface area contributed by atoms with Gasteiger partial charge in [0.05, 0.1) is 12.7 Å². The van der Waals surface area contributed by atoms with Gasteiger partial charge in [0, 0.05) is 39.4 Å². The third kappa shape index (κ3) is 10.3. The fourth-order valence-electron chi connectivity index (χ4n) is 2.94. The van der Waals surface area contributed by atoms with Crippen LogP contribution in [0, 0.1) is 0 Å². The van der Waals surface area contributed by atoms with Crippen LogP contribution >= 0.6 is 24.0 Å². The molecule has 29 heavy (non-hydrogen) atoms. The highest BCUT2D eigenvalue weighted by atomic mass is 127. The van der Waals surface area contributed by atoms with Gasteiger partial charge in [-0.05, 0) is 32.3 Å². The maximum Gasteiger partial charge on any atom is 0.244 e. The molecule has 0 spiro atoms. The first-order chi connectivity index (χ1) is 13.7. The van der Waals surface area contributed by atoms with Crippen molar-refractivity contribution in [2.75, 3.05) is 46.0 Å². The molecule has 0 radical (unpaired) electrons. The van der Waals surface area contributed by atoms with Crippen molar-refractivity contribution in [1.82, 2.24) is 15.5 Å². The molecule has 1 aliphatic rings. The normalized spacial score (nSPS) is 16.2. The number of nitrogens with zero attached hydrogens (tertiary/aromatic N) is 2. The number of benzene rings is 1. The zero-order chi connectivity index (χ0) is 20.0. The third-order valence-corrected chi connectivity index (χ3v) is 4.52. The van der Waals surface area contributed by atoms with Crippen molar-refractivity contribution in [2.24, 2.45) is 4.99 Å². The highest BCUT2D eigenvalue weighted by molar-refractivity contribution is 14.0. The second kappa shape index (κ2) is 15.4. The maximum absolute atomic E-state index is 12.5. The van der Waals surface area contributed by atoms with Crippen LogP contribution in [0.15, 0.2) is 35.3 Å². The number of amides is 1. The zero-order valence-corrected chi connectivity index (χ0v) is 19.9. The van der Waals surface area contributed by atoms with Gasteiger partial charge in [0.1, 0.15) is 6.54 Å². The van der Waals surface area contributed by atoms with E-state index in [9.17, 15) is 4.79 Å². The van der Waals surface area contributed by atoms with Crippen LogP contribution in [0.5, 0.6) is 0 Å². The lowest BCUT2D eigenvalue weighted by Crippen LogP contribution is -2.39. The average molecular weight is 518 g/mol. The molecule has 1 amide bonds. The van der Waals surface area contributed by atoms with Gasteiger partial charge in [-0.2, -0.15) is 0 Å². The van der Waals surface area contributed by atoms with E-state index in [0.717, 1.165) is 38.1 Å². The summed E-state index contributed by atoms with van der Waals surface area (Å²) < 4.78 is 11.1. The van der Waals surface area contributed by atoms with Gasteiger partial charge in [-0.3, -0.25) is 4.79 Å². The Morgan fingerprint density at radius 1 is 1.28 bits per heavy atom. The number of hydrogen-bond donors (Lipinski definition) is 2. The lowest BCUT2D eigenvalue weighted by molar-refractivity contribution is -0.130. The van der Waals surface area contributed by atoms with Crippen molar-refractivity contribution in [3.05, 3.63) is 35.9 Å². The predicted octanol–water partition coefficient (Wildman–Crippen LogP) is 2.40. The first-order valence-electron chi connectivity index (χ1n) is 10.3. The minimum Gasteiger partial charge on any atom is -0.379 e. The van der Waals surface area contributed by atoms with Gasteiger partial charge in [0.2, 0.25) is 5.91 Å². The largest absolute Gasteiger partial charge is 0.379 e. The van der Waals surface area contributed by atoms with E-state index in [4.69, 9.17) is 9.47 Å². The second-order valence-corrected chi connectivity index (χ2v) is 6.73. The molecule has 2 rings (SSSR count). The fraction of sp³-hybridized carbons (Fsp3) is 0.619. The number of hydrogen-bond acceptors (Lipinski definition) is 4. The number of ether oxygens (including phenoxy) is 2. The molecule has 8 heteroatoms. The Kier molecular flexibility index (Phi) is 13.7. The minimum absolute atomic E-state index is 0. The van der Waals surface area contributed by atoms with Crippen LogP contribution in [0.3, 0.4) is 0 Å². The summed E-state index contributed by atoms with van der Waals surface area (Å²) in [6.45, 7) is 9.09. The van der Waals surface area contributed by atoms with Crippen LogP contribution in [-0.2, 0) is 20.8 Å². The average Bonchev–Trinajstić information content (AvgIpc) is 3.24. The smallest absolute Gasteiger partial charge is 0.244 e. The molecular weight excluding hydrogens is 483 g/mol. The molecule has 1 unspecified atom stereocenters. The quantitative estimate of drug-likeness (QED) is 0.204. The van der Waals surface area contributed by atoms with Gasteiger partial charge in [-0.15, -0.1) is 24.0 Å². The minimum atomic E-state index is 0. The summed E-state index contributed by atoms with van der Waals surface area (Å²) in [7, 11) is 0. The topological polar surface area (TPSA) is 75.2 Å². The monoisotopic (exact) mass is 518 g/mol. The van der Waals surface area contributed by atoms with E-state index in [1.54, 1.807) is 0 Å². The Morgan fingerprint density at radius 3 is 2.72 bits per heavy atom. The van der Waals surface area contributed by atoms with Crippen molar-refractivity contribution in [1.29, 1.82) is 0 Å². The second-order valence-electron chi connectivity index (χ2n) is 6.73. The van der Waals surface area contributed by atoms with Gasteiger partial charge in [0.15, 0.2) is 5.96 Å². The number of carbonyl (C=O) groups is 1. The Balaban J connectivity index is 0.00000420. The molecule has 1 saturated heterocycles. The molecule has 0 aromatic heterocycles. The standard InChI is InChI=1S/C21H34N4O3.HI/c1-3-22-21(23-12-8-13-28-19-11-14-27-17-19)24-15-20(26)25(4-2)16-18-9-6-5-7-10-18;/h5-7,9-10,19H,3-4,8,11-17H2,1-2H3,(H2,22,23,24);1H. The molecule has 1 fully saturated rings. The van der Waals surface area contributed by atoms with E-state index in [1.165, 1.54) is 0 Å². The van der Waals surface area contributed by atoms with Crippen LogP contribution in [0.1, 0.15) is 32.3 Å². The highest BCUT2D eigenvalue weighted by Crippen LogP contribution is 2.08. The molecule has 1 aromatic rings. The summed E-state index contributed by atoms with van der Waals surface area (Å²) in [5, 5.41) is 6.45. The molecule has 1 atom stereocenters. The van der Waals surface area contributed by atoms with Gasteiger partial charge in [-0.1, -0.05) is 30.3 Å². The summed E-state index contributed by atoms with van der Waals surface area (Å²) >= 11 is 0. The predicted molar refractivity (Wildman–Crippen MR) is 127 cm³/mol. The summed E-state index contributed by atoms with van der Waals surface area (Å²) in [4.78, 5) is 18.8. The van der Waals surface area contributed by atoms with Crippen molar-refractivity contribution < 1.29 is 14.3 Å². The van der Waals surface area contributed by atoms with Crippen LogP contribution < -0.4 is 10.6 Å². The van der Waals surface area contributed by atoms with E-state index in [2.05, 4.69) is 15.6 Å². The van der Waals surface area contributed by atoms with E-state index >= 15 is 0 Å². The Bertz CT molecular complexity index is 595. The van der Waals surface area contributed by atoms with Crippen LogP contribution in [0.4, 0.5) is 0 Å². The number of aliphatic imine (C=N–C) groups is 1. The van der Waals surface area contributed by atoms with E-state index < -0.39 is 0 Å². The third-order valence-electron chi connectivity index (χ3n) is 4.52. The van der Waals surface area contributed by atoms with Crippen LogP contribution in [0.25, 0.3) is 0 Å². The zero-order valence-electron chi connectivity index (χ0n) is 17.6. The fourth-order valence-corrected chi connectivity index (χ4v) is 2.94. The van der Waals surface area contributed by atoms with Crippen molar-refractivity contribution >= 4 is 35.8 Å². The number of guanidine groups is 1. The molecular formula is C21H35IN4O3. The van der Waals surface area contributed by atoms with E-state index in [-0.39, 0.29) is 42.5 Å². The van der Waals surface area contributed by atoms with Crippen LogP contribution in [-0.4, -0.2) is 68.9 Å². The highest BCUT2D eigenvalue weighted by Gasteiger charge is 2.15. The van der Waals surface area contributed by atoms with Gasteiger partial charge < -0.3 is 25.0 Å². The number of nitrogens with one attached hydrogen (secondary N) is 2. The Morgan fingerprint density at radius 2 is 2.07 bits per heavy atom. The van der Waals surface area contributed by atoms with Gasteiger partial charge >= 0.3 is 0 Å². The lowest BCUT2D eigenvalue weighted by atomic mass is 10.2. The van der Waals surface area contributed by atoms with Crippen molar-refractivity contribution in [3.8, 4) is 0 Å². The summed E-state index contributed by atoms with van der Waals surface area (Å²) in [5.41, 5.74) is 1.12. The molecule has 1 heterocycles. The summed E-state index contributed by atoms with van der Waals surface area (Å²) in [6.07, 6.45) is 2.10. The Labute approximate surface area is 191 Å². The number of likely N-dealkylation sites (N-methyl/N-ethyl adjacent to an activating group) is 1. The molecule has 2 N–H and O–H groups in total. The summed E-state index contributed by atoms with van der Waals surface area (Å²) in [6, 6.07) is 10.0. The molecule has 1 aromatic carbocycles. The van der Waals surface area contributed by atoms with Gasteiger partial charge in [0.25, 0.3) is 0 Å².